The fourth-order valence-corrected chi connectivity index (χ4v) is 2.98. The smallest absolute Gasteiger partial charge is 0.307 e. The summed E-state index contributed by atoms with van der Waals surface area (Å²) in [6.45, 7) is 6.37. The van der Waals surface area contributed by atoms with Crippen molar-refractivity contribution >= 4 is 44.3 Å². The summed E-state index contributed by atoms with van der Waals surface area (Å²) in [5.41, 5.74) is 2.59. The molecular weight excluding hydrogens is 366 g/mol. The minimum Gasteiger partial charge on any atom is -0.364 e. The van der Waals surface area contributed by atoms with E-state index in [4.69, 9.17) is 0 Å². The molecule has 0 aliphatic carbocycles. The molecule has 9 nitrogen and oxygen atoms in total. The number of rotatable bonds is 7. The van der Waals surface area contributed by atoms with E-state index in [0.29, 0.717) is 34.7 Å². The first-order valence-corrected chi connectivity index (χ1v) is 10.5. The van der Waals surface area contributed by atoms with Crippen molar-refractivity contribution < 1.29 is 13.4 Å². The van der Waals surface area contributed by atoms with Crippen LogP contribution in [0.3, 0.4) is 0 Å². The van der Waals surface area contributed by atoms with Crippen LogP contribution in [0.25, 0.3) is 11.2 Å². The Balaban J connectivity index is 1.90. The molecule has 0 bridgehead atoms. The molecule has 5 N–H and O–H groups in total. The van der Waals surface area contributed by atoms with Crippen LogP contribution < -0.4 is 20.3 Å². The molecule has 3 aromatic rings. The molecule has 3 rings (SSSR count). The first-order chi connectivity index (χ1) is 12.7. The lowest BCUT2D eigenvalue weighted by molar-refractivity contribution is -0.347. The second-order valence-electron chi connectivity index (χ2n) is 6.81. The lowest BCUT2D eigenvalue weighted by atomic mass is 10.1. The van der Waals surface area contributed by atoms with Gasteiger partial charge in [-0.1, -0.05) is 24.9 Å². The van der Waals surface area contributed by atoms with Gasteiger partial charge in [0.2, 0.25) is 15.5 Å². The highest BCUT2D eigenvalue weighted by molar-refractivity contribution is 7.92. The van der Waals surface area contributed by atoms with Gasteiger partial charge in [-0.15, -0.1) is 0 Å². The summed E-state index contributed by atoms with van der Waals surface area (Å²) in [7, 11) is -3.34. The Hall–Kier alpha value is -2.88. The van der Waals surface area contributed by atoms with Crippen LogP contribution in [-0.2, 0) is 10.0 Å². The van der Waals surface area contributed by atoms with Crippen LogP contribution in [0, 0.1) is 5.92 Å². The van der Waals surface area contributed by atoms with E-state index in [2.05, 4.69) is 56.1 Å². The zero-order valence-corrected chi connectivity index (χ0v) is 16.5. The fourth-order valence-electron chi connectivity index (χ4n) is 2.42. The molecule has 0 radical (unpaired) electrons. The standard InChI is InChI=1S/C17H23N7O2S/c1-10(2)11(3)20-16-14-15(19-9-18-14)22-17(23-16)21-12-6-5-7-13(8-12)24-27(4,25)26/h5-11,24H,1-4H3,(H3,18,19,20,21,22,23)/p+1/t11-/m1/s1. The number of aromatic nitrogens is 4. The van der Waals surface area contributed by atoms with Gasteiger partial charge in [-0.05, 0) is 31.0 Å². The van der Waals surface area contributed by atoms with E-state index in [1.54, 1.807) is 24.5 Å². The monoisotopic (exact) mass is 390 g/mol. The van der Waals surface area contributed by atoms with Crippen molar-refractivity contribution in [3.05, 3.63) is 30.6 Å². The molecule has 0 unspecified atom stereocenters. The number of H-pyrrole nitrogens is 2. The predicted octanol–water partition coefficient (Wildman–Crippen LogP) is 2.34. The first kappa shape index (κ1) is 18.9. The minimum atomic E-state index is -3.34. The van der Waals surface area contributed by atoms with Crippen LogP contribution in [0.2, 0.25) is 0 Å². The van der Waals surface area contributed by atoms with Crippen molar-refractivity contribution in [2.24, 2.45) is 5.92 Å². The molecule has 27 heavy (non-hydrogen) atoms. The van der Waals surface area contributed by atoms with Gasteiger partial charge in [-0.2, -0.15) is 4.98 Å². The van der Waals surface area contributed by atoms with Gasteiger partial charge in [0, 0.05) is 11.7 Å². The third kappa shape index (κ3) is 4.85. The van der Waals surface area contributed by atoms with Gasteiger partial charge in [0.25, 0.3) is 0 Å². The van der Waals surface area contributed by atoms with Crippen molar-refractivity contribution in [1.82, 2.24) is 15.0 Å². The average molecular weight is 390 g/mol. The maximum absolute atomic E-state index is 11.4. The van der Waals surface area contributed by atoms with Gasteiger partial charge >= 0.3 is 11.6 Å². The van der Waals surface area contributed by atoms with E-state index in [1.165, 1.54) is 0 Å². The quantitative estimate of drug-likeness (QED) is 0.491. The van der Waals surface area contributed by atoms with Gasteiger partial charge < -0.3 is 10.6 Å². The number of benzene rings is 1. The van der Waals surface area contributed by atoms with Crippen LogP contribution >= 0.6 is 0 Å². The van der Waals surface area contributed by atoms with Crippen molar-refractivity contribution in [2.45, 2.75) is 26.8 Å². The molecular formula is C17H24N7O2S+. The van der Waals surface area contributed by atoms with Crippen molar-refractivity contribution in [3.63, 3.8) is 0 Å². The van der Waals surface area contributed by atoms with Gasteiger partial charge in [0.1, 0.15) is 0 Å². The second-order valence-corrected chi connectivity index (χ2v) is 8.56. The largest absolute Gasteiger partial charge is 0.364 e. The number of nitrogens with one attached hydrogen (secondary N) is 5. The summed E-state index contributed by atoms with van der Waals surface area (Å²) in [6, 6.07) is 7.14. The number of sulfonamides is 1. The Morgan fingerprint density at radius 1 is 1.15 bits per heavy atom. The zero-order chi connectivity index (χ0) is 19.6. The number of anilines is 4. The number of imidazole rings is 1. The van der Waals surface area contributed by atoms with Crippen LogP contribution in [-0.4, -0.2) is 35.7 Å². The SMILES string of the molecule is CC(C)[C@@H](C)Nc1nc(Nc2cccc(NS(C)(=O)=O)c2)nc2[nH+]c[nH]c12. The van der Waals surface area contributed by atoms with E-state index < -0.39 is 10.0 Å². The van der Waals surface area contributed by atoms with Gasteiger partial charge in [-0.3, -0.25) is 9.71 Å². The van der Waals surface area contributed by atoms with Gasteiger partial charge in [0.15, 0.2) is 12.1 Å². The van der Waals surface area contributed by atoms with Crippen LogP contribution in [0.15, 0.2) is 30.6 Å². The van der Waals surface area contributed by atoms with Crippen molar-refractivity contribution in [3.8, 4) is 0 Å². The molecule has 1 aromatic carbocycles. The Morgan fingerprint density at radius 3 is 2.59 bits per heavy atom. The van der Waals surface area contributed by atoms with E-state index in [1.807, 2.05) is 6.07 Å². The first-order valence-electron chi connectivity index (χ1n) is 8.59. The number of fused-ring (bicyclic) bond motifs is 1. The highest BCUT2D eigenvalue weighted by Crippen LogP contribution is 2.23. The van der Waals surface area contributed by atoms with E-state index in [9.17, 15) is 8.42 Å². The summed E-state index contributed by atoms with van der Waals surface area (Å²) in [6.07, 6.45) is 2.81. The molecule has 0 aliphatic rings. The molecule has 0 aliphatic heterocycles. The van der Waals surface area contributed by atoms with E-state index in [-0.39, 0.29) is 6.04 Å². The fraction of sp³-hybridized carbons (Fsp3) is 0.353. The Labute approximate surface area is 158 Å². The maximum Gasteiger partial charge on any atom is 0.307 e. The summed E-state index contributed by atoms with van der Waals surface area (Å²) >= 11 is 0. The Morgan fingerprint density at radius 2 is 1.89 bits per heavy atom. The molecule has 2 heterocycles. The lowest BCUT2D eigenvalue weighted by Gasteiger charge is -2.17. The summed E-state index contributed by atoms with van der Waals surface area (Å²) in [5, 5.41) is 6.53. The highest BCUT2D eigenvalue weighted by Gasteiger charge is 2.18. The van der Waals surface area contributed by atoms with Crippen LogP contribution in [0.1, 0.15) is 20.8 Å². The third-order valence-corrected chi connectivity index (χ3v) is 4.73. The van der Waals surface area contributed by atoms with Gasteiger partial charge in [-0.25, -0.2) is 13.4 Å². The number of hydrogen-bond acceptors (Lipinski definition) is 6. The Bertz CT molecular complexity index is 1050. The van der Waals surface area contributed by atoms with E-state index in [0.717, 1.165) is 11.8 Å². The molecule has 10 heteroatoms. The predicted molar refractivity (Wildman–Crippen MR) is 107 cm³/mol. The minimum absolute atomic E-state index is 0.224. The molecule has 0 spiro atoms. The molecule has 144 valence electrons. The van der Waals surface area contributed by atoms with Crippen molar-refractivity contribution in [1.29, 1.82) is 0 Å². The third-order valence-electron chi connectivity index (χ3n) is 4.12. The maximum atomic E-state index is 11.4. The summed E-state index contributed by atoms with van der Waals surface area (Å²) in [4.78, 5) is 15.2. The summed E-state index contributed by atoms with van der Waals surface area (Å²) in [5.74, 6) is 1.52. The molecule has 2 aromatic heterocycles. The lowest BCUT2D eigenvalue weighted by Crippen LogP contribution is -2.22. The molecule has 0 saturated carbocycles. The Kier molecular flexibility index (Phi) is 5.17. The zero-order valence-electron chi connectivity index (χ0n) is 15.7. The number of aromatic amines is 2. The molecule has 0 fully saturated rings. The number of hydrogen-bond donors (Lipinski definition) is 4. The normalized spacial score (nSPS) is 12.9. The molecule has 0 amide bonds. The van der Waals surface area contributed by atoms with Gasteiger partial charge in [0.05, 0.1) is 11.9 Å². The highest BCUT2D eigenvalue weighted by atomic mass is 32.2. The van der Waals surface area contributed by atoms with Crippen LogP contribution in [0.4, 0.5) is 23.1 Å². The van der Waals surface area contributed by atoms with E-state index >= 15 is 0 Å². The van der Waals surface area contributed by atoms with Crippen molar-refractivity contribution in [2.75, 3.05) is 21.6 Å². The van der Waals surface area contributed by atoms with Crippen LogP contribution in [0.5, 0.6) is 0 Å². The summed E-state index contributed by atoms with van der Waals surface area (Å²) < 4.78 is 25.3. The second kappa shape index (κ2) is 7.39. The topological polar surface area (TPSA) is 126 Å². The molecule has 0 saturated heterocycles. The molecule has 1 atom stereocenters. The number of nitrogens with zero attached hydrogens (tertiary/aromatic N) is 2. The average Bonchev–Trinajstić information content (AvgIpc) is 3.02.